The highest BCUT2D eigenvalue weighted by atomic mass is 16.1. The number of carbonyl (C=O) groups is 1. The zero-order valence-electron chi connectivity index (χ0n) is 17.0. The lowest BCUT2D eigenvalue weighted by Crippen LogP contribution is -2.12. The fraction of sp³-hybridized carbons (Fsp3) is 0.130. The highest BCUT2D eigenvalue weighted by Crippen LogP contribution is 2.20. The van der Waals surface area contributed by atoms with Crippen LogP contribution in [0.1, 0.15) is 27.3 Å². The number of aromatic nitrogens is 4. The van der Waals surface area contributed by atoms with E-state index >= 15 is 0 Å². The van der Waals surface area contributed by atoms with Crippen molar-refractivity contribution in [3.8, 4) is 5.82 Å². The number of rotatable bonds is 5. The molecule has 2 N–H and O–H groups in total. The van der Waals surface area contributed by atoms with Gasteiger partial charge >= 0.3 is 0 Å². The van der Waals surface area contributed by atoms with Crippen LogP contribution in [-0.4, -0.2) is 25.7 Å². The average molecular weight is 398 g/mol. The van der Waals surface area contributed by atoms with Crippen molar-refractivity contribution in [1.29, 1.82) is 0 Å². The molecule has 0 fully saturated rings. The van der Waals surface area contributed by atoms with Gasteiger partial charge in [0, 0.05) is 35.4 Å². The maximum Gasteiger partial charge on any atom is 0.255 e. The molecular formula is C23H22N6O. The van der Waals surface area contributed by atoms with Crippen LogP contribution in [0.5, 0.6) is 0 Å². The average Bonchev–Trinajstić information content (AvgIpc) is 3.26. The van der Waals surface area contributed by atoms with Gasteiger partial charge in [0.15, 0.2) is 5.82 Å². The topological polar surface area (TPSA) is 84.7 Å². The third kappa shape index (κ3) is 4.35. The van der Waals surface area contributed by atoms with Crippen molar-refractivity contribution in [2.75, 3.05) is 10.6 Å². The Hall–Kier alpha value is -4.00. The van der Waals surface area contributed by atoms with Gasteiger partial charge in [-0.25, -0.2) is 14.6 Å². The van der Waals surface area contributed by atoms with Crippen LogP contribution in [0.25, 0.3) is 5.82 Å². The van der Waals surface area contributed by atoms with Gasteiger partial charge in [0.2, 0.25) is 0 Å². The molecule has 0 saturated heterocycles. The molecule has 0 saturated carbocycles. The van der Waals surface area contributed by atoms with E-state index in [1.807, 2.05) is 81.6 Å². The van der Waals surface area contributed by atoms with E-state index in [-0.39, 0.29) is 5.91 Å². The Balaban J connectivity index is 1.46. The van der Waals surface area contributed by atoms with Gasteiger partial charge < -0.3 is 10.6 Å². The molecule has 30 heavy (non-hydrogen) atoms. The molecule has 2 heterocycles. The molecule has 4 aromatic rings. The van der Waals surface area contributed by atoms with Crippen molar-refractivity contribution in [3.05, 3.63) is 89.5 Å². The SMILES string of the molecule is Cc1nc(Nc2ccc(NC(=O)c3ccc(C)c(C)c3)cc2)cc(-n2cccn2)n1. The molecule has 0 aliphatic carbocycles. The smallest absolute Gasteiger partial charge is 0.255 e. The van der Waals surface area contributed by atoms with E-state index in [2.05, 4.69) is 25.7 Å². The summed E-state index contributed by atoms with van der Waals surface area (Å²) in [5.41, 5.74) is 4.47. The quantitative estimate of drug-likeness (QED) is 0.514. The molecule has 0 spiro atoms. The Morgan fingerprint density at radius 2 is 1.67 bits per heavy atom. The molecule has 2 aromatic heterocycles. The summed E-state index contributed by atoms with van der Waals surface area (Å²) in [4.78, 5) is 21.3. The molecule has 2 aromatic carbocycles. The van der Waals surface area contributed by atoms with Gasteiger partial charge in [0.05, 0.1) is 0 Å². The van der Waals surface area contributed by atoms with Crippen molar-refractivity contribution >= 4 is 23.1 Å². The van der Waals surface area contributed by atoms with Crippen LogP contribution in [0.15, 0.2) is 67.0 Å². The zero-order valence-corrected chi connectivity index (χ0v) is 17.0. The summed E-state index contributed by atoms with van der Waals surface area (Å²) < 4.78 is 1.69. The molecule has 0 atom stereocenters. The first kappa shape index (κ1) is 19.3. The van der Waals surface area contributed by atoms with Gasteiger partial charge in [0.1, 0.15) is 11.6 Å². The minimum atomic E-state index is -0.130. The first-order valence-corrected chi connectivity index (χ1v) is 9.59. The fourth-order valence-electron chi connectivity index (χ4n) is 3.01. The second-order valence-corrected chi connectivity index (χ2v) is 7.06. The van der Waals surface area contributed by atoms with Crippen LogP contribution in [-0.2, 0) is 0 Å². The molecule has 0 unspecified atom stereocenters. The second kappa shape index (κ2) is 8.16. The van der Waals surface area contributed by atoms with Crippen molar-refractivity contribution < 1.29 is 4.79 Å². The van der Waals surface area contributed by atoms with Crippen LogP contribution < -0.4 is 10.6 Å². The molecule has 150 valence electrons. The van der Waals surface area contributed by atoms with Crippen LogP contribution in [0.4, 0.5) is 17.2 Å². The van der Waals surface area contributed by atoms with Gasteiger partial charge in [-0.05, 0) is 74.4 Å². The van der Waals surface area contributed by atoms with E-state index in [0.29, 0.717) is 23.0 Å². The highest BCUT2D eigenvalue weighted by molar-refractivity contribution is 6.04. The summed E-state index contributed by atoms with van der Waals surface area (Å²) >= 11 is 0. The molecule has 0 bridgehead atoms. The van der Waals surface area contributed by atoms with Gasteiger partial charge in [-0.2, -0.15) is 5.10 Å². The lowest BCUT2D eigenvalue weighted by molar-refractivity contribution is 0.102. The molecule has 7 heteroatoms. The van der Waals surface area contributed by atoms with E-state index in [4.69, 9.17) is 0 Å². The molecular weight excluding hydrogens is 376 g/mol. The van der Waals surface area contributed by atoms with E-state index in [1.165, 1.54) is 0 Å². The summed E-state index contributed by atoms with van der Waals surface area (Å²) in [6.07, 6.45) is 3.54. The minimum Gasteiger partial charge on any atom is -0.340 e. The Bertz CT molecular complexity index is 1180. The summed E-state index contributed by atoms with van der Waals surface area (Å²) in [6.45, 7) is 5.86. The predicted molar refractivity (Wildman–Crippen MR) is 117 cm³/mol. The Morgan fingerprint density at radius 3 is 2.37 bits per heavy atom. The van der Waals surface area contributed by atoms with Crippen molar-refractivity contribution in [3.63, 3.8) is 0 Å². The standard InChI is InChI=1S/C23H22N6O/c1-15-5-6-18(13-16(15)2)23(30)28-20-9-7-19(8-10-20)27-21-14-22(26-17(3)25-21)29-12-4-11-24-29/h4-14H,1-3H3,(H,28,30)(H,25,26,27). The van der Waals surface area contributed by atoms with E-state index in [1.54, 1.807) is 10.9 Å². The lowest BCUT2D eigenvalue weighted by atomic mass is 10.1. The molecule has 1 amide bonds. The Kier molecular flexibility index (Phi) is 5.26. The zero-order chi connectivity index (χ0) is 21.1. The number of nitrogens with zero attached hydrogens (tertiary/aromatic N) is 4. The molecule has 7 nitrogen and oxygen atoms in total. The van der Waals surface area contributed by atoms with Gasteiger partial charge in [-0.3, -0.25) is 4.79 Å². The number of aryl methyl sites for hydroxylation is 3. The van der Waals surface area contributed by atoms with Gasteiger partial charge in [-0.1, -0.05) is 6.07 Å². The van der Waals surface area contributed by atoms with Crippen LogP contribution in [0.3, 0.4) is 0 Å². The second-order valence-electron chi connectivity index (χ2n) is 7.06. The maximum atomic E-state index is 12.5. The first-order valence-electron chi connectivity index (χ1n) is 9.59. The number of carbonyl (C=O) groups excluding carboxylic acids is 1. The number of benzene rings is 2. The first-order chi connectivity index (χ1) is 14.5. The normalized spacial score (nSPS) is 10.6. The number of nitrogens with one attached hydrogen (secondary N) is 2. The van der Waals surface area contributed by atoms with Gasteiger partial charge in [0.25, 0.3) is 5.91 Å². The molecule has 0 aliphatic rings. The fourth-order valence-corrected chi connectivity index (χ4v) is 3.01. The van der Waals surface area contributed by atoms with E-state index in [9.17, 15) is 4.79 Å². The number of amides is 1. The summed E-state index contributed by atoms with van der Waals surface area (Å²) in [6, 6.07) is 16.8. The van der Waals surface area contributed by atoms with Gasteiger partial charge in [-0.15, -0.1) is 0 Å². The summed E-state index contributed by atoms with van der Waals surface area (Å²) in [5, 5.41) is 10.4. The third-order valence-corrected chi connectivity index (χ3v) is 4.75. The maximum absolute atomic E-state index is 12.5. The van der Waals surface area contributed by atoms with E-state index < -0.39 is 0 Å². The Morgan fingerprint density at radius 1 is 0.900 bits per heavy atom. The van der Waals surface area contributed by atoms with E-state index in [0.717, 1.165) is 22.5 Å². The lowest BCUT2D eigenvalue weighted by Gasteiger charge is -2.10. The molecule has 0 radical (unpaired) electrons. The molecule has 0 aliphatic heterocycles. The predicted octanol–water partition coefficient (Wildman–Crippen LogP) is 4.58. The number of hydrogen-bond acceptors (Lipinski definition) is 5. The largest absolute Gasteiger partial charge is 0.340 e. The molecule has 4 rings (SSSR count). The van der Waals surface area contributed by atoms with Crippen LogP contribution >= 0.6 is 0 Å². The Labute approximate surface area is 174 Å². The van der Waals surface area contributed by atoms with Crippen molar-refractivity contribution in [2.24, 2.45) is 0 Å². The third-order valence-electron chi connectivity index (χ3n) is 4.75. The van der Waals surface area contributed by atoms with Crippen molar-refractivity contribution in [2.45, 2.75) is 20.8 Å². The van der Waals surface area contributed by atoms with Crippen molar-refractivity contribution in [1.82, 2.24) is 19.7 Å². The monoisotopic (exact) mass is 398 g/mol. The van der Waals surface area contributed by atoms with Crippen LogP contribution in [0, 0.1) is 20.8 Å². The van der Waals surface area contributed by atoms with Crippen LogP contribution in [0.2, 0.25) is 0 Å². The summed E-state index contributed by atoms with van der Waals surface area (Å²) in [5.74, 6) is 1.86. The highest BCUT2D eigenvalue weighted by Gasteiger charge is 2.08. The number of hydrogen-bond donors (Lipinski definition) is 2. The minimum absolute atomic E-state index is 0.130. The summed E-state index contributed by atoms with van der Waals surface area (Å²) in [7, 11) is 0. The number of anilines is 3.